The van der Waals surface area contributed by atoms with Gasteiger partial charge in [0.2, 0.25) is 0 Å². The van der Waals surface area contributed by atoms with Crippen molar-refractivity contribution in [1.82, 2.24) is 0 Å². The van der Waals surface area contributed by atoms with Gasteiger partial charge in [0.15, 0.2) is 0 Å². The maximum absolute atomic E-state index is 3.33. The summed E-state index contributed by atoms with van der Waals surface area (Å²) < 4.78 is 0. The Labute approximate surface area is 85.8 Å². The summed E-state index contributed by atoms with van der Waals surface area (Å²) in [4.78, 5) is 0. The second-order valence-electron chi connectivity index (χ2n) is 3.98. The molecule has 74 valence electrons. The zero-order valence-corrected chi connectivity index (χ0v) is 8.88. The largest absolute Gasteiger partial charge is 0.385 e. The summed E-state index contributed by atoms with van der Waals surface area (Å²) in [6, 6.07) is 6.66. The van der Waals surface area contributed by atoms with Crippen molar-refractivity contribution in [3.05, 3.63) is 35.4 Å². The molecule has 0 aromatic heterocycles. The molecule has 0 heterocycles. The number of rotatable bonds is 2. The maximum Gasteiger partial charge on any atom is 0.0346 e. The minimum atomic E-state index is 0.687. The van der Waals surface area contributed by atoms with Gasteiger partial charge < -0.3 is 5.32 Å². The Balaban J connectivity index is 2.29. The van der Waals surface area contributed by atoms with Gasteiger partial charge in [0.1, 0.15) is 0 Å². The lowest BCUT2D eigenvalue weighted by Gasteiger charge is -2.16. The van der Waals surface area contributed by atoms with Gasteiger partial charge in [0.05, 0.1) is 0 Å². The average molecular weight is 187 g/mol. The molecule has 1 aliphatic carbocycles. The smallest absolute Gasteiger partial charge is 0.0346 e. The van der Waals surface area contributed by atoms with Crippen LogP contribution in [-0.4, -0.2) is 6.54 Å². The molecule has 0 amide bonds. The van der Waals surface area contributed by atoms with Gasteiger partial charge in [-0.2, -0.15) is 0 Å². The van der Waals surface area contributed by atoms with Gasteiger partial charge in [-0.1, -0.05) is 25.1 Å². The third kappa shape index (κ3) is 1.82. The lowest BCUT2D eigenvalue weighted by atomic mass is 9.90. The van der Waals surface area contributed by atoms with Crippen LogP contribution in [0.2, 0.25) is 0 Å². The Hall–Kier alpha value is -1.24. The third-order valence-electron chi connectivity index (χ3n) is 2.67. The van der Waals surface area contributed by atoms with Crippen LogP contribution in [0.15, 0.2) is 24.3 Å². The number of nitrogens with one attached hydrogen (secondary N) is 1. The first kappa shape index (κ1) is 9.32. The summed E-state index contributed by atoms with van der Waals surface area (Å²) in [6.45, 7) is 5.37. The van der Waals surface area contributed by atoms with Gasteiger partial charge >= 0.3 is 0 Å². The van der Waals surface area contributed by atoms with E-state index >= 15 is 0 Å². The fourth-order valence-electron chi connectivity index (χ4n) is 1.93. The van der Waals surface area contributed by atoms with E-state index in [1.54, 1.807) is 0 Å². The zero-order valence-electron chi connectivity index (χ0n) is 8.88. The Kier molecular flexibility index (Phi) is 2.58. The van der Waals surface area contributed by atoms with E-state index in [0.29, 0.717) is 5.92 Å². The average Bonchev–Trinajstić information content (AvgIpc) is 2.19. The van der Waals surface area contributed by atoms with Crippen LogP contribution in [0.25, 0.3) is 6.08 Å². The van der Waals surface area contributed by atoms with E-state index in [9.17, 15) is 0 Å². The highest BCUT2D eigenvalue weighted by Crippen LogP contribution is 2.25. The molecule has 1 aromatic carbocycles. The Morgan fingerprint density at radius 3 is 3.07 bits per heavy atom. The molecule has 1 aromatic rings. The molecule has 0 spiro atoms. The molecule has 0 fully saturated rings. The van der Waals surface area contributed by atoms with Crippen LogP contribution in [0.5, 0.6) is 0 Å². The van der Waals surface area contributed by atoms with Gasteiger partial charge in [-0.05, 0) is 42.5 Å². The van der Waals surface area contributed by atoms with E-state index in [1.165, 1.54) is 23.2 Å². The molecule has 0 radical (unpaired) electrons. The molecular weight excluding hydrogens is 170 g/mol. The standard InChI is InChI=1S/C13H17N/c1-3-14-13-7-6-11-8-10(2)4-5-12(11)9-13/h4-7,9-10,14H,3,8H2,1-2H3/t10-/m1/s1. The highest BCUT2D eigenvalue weighted by Gasteiger charge is 2.09. The van der Waals surface area contributed by atoms with Crippen LogP contribution in [-0.2, 0) is 6.42 Å². The topological polar surface area (TPSA) is 12.0 Å². The van der Waals surface area contributed by atoms with Crippen LogP contribution in [0.4, 0.5) is 5.69 Å². The fraction of sp³-hybridized carbons (Fsp3) is 0.385. The Morgan fingerprint density at radius 1 is 1.43 bits per heavy atom. The van der Waals surface area contributed by atoms with Crippen molar-refractivity contribution in [3.63, 3.8) is 0 Å². The van der Waals surface area contributed by atoms with E-state index < -0.39 is 0 Å². The number of fused-ring (bicyclic) bond motifs is 1. The second-order valence-corrected chi connectivity index (χ2v) is 3.98. The molecule has 1 nitrogen and oxygen atoms in total. The molecule has 0 saturated carbocycles. The quantitative estimate of drug-likeness (QED) is 0.749. The number of allylic oxidation sites excluding steroid dienone is 1. The normalized spacial score (nSPS) is 19.1. The van der Waals surface area contributed by atoms with Crippen LogP contribution in [0, 0.1) is 5.92 Å². The predicted molar refractivity (Wildman–Crippen MR) is 62.5 cm³/mol. The molecule has 1 N–H and O–H groups in total. The maximum atomic E-state index is 3.33. The van der Waals surface area contributed by atoms with Gasteiger partial charge in [-0.3, -0.25) is 0 Å². The SMILES string of the molecule is CCNc1ccc2c(c1)C=C[C@@H](C)C2. The van der Waals surface area contributed by atoms with Crippen molar-refractivity contribution in [2.45, 2.75) is 20.3 Å². The van der Waals surface area contributed by atoms with E-state index in [0.717, 1.165) is 6.54 Å². The van der Waals surface area contributed by atoms with Gasteiger partial charge in [0, 0.05) is 12.2 Å². The third-order valence-corrected chi connectivity index (χ3v) is 2.67. The summed E-state index contributed by atoms with van der Waals surface area (Å²) in [7, 11) is 0. The summed E-state index contributed by atoms with van der Waals surface area (Å²) in [5, 5.41) is 3.33. The number of hydrogen-bond donors (Lipinski definition) is 1. The zero-order chi connectivity index (χ0) is 9.97. The molecule has 1 aliphatic rings. The first-order chi connectivity index (χ1) is 6.79. The lowest BCUT2D eigenvalue weighted by Crippen LogP contribution is -2.04. The summed E-state index contributed by atoms with van der Waals surface area (Å²) in [6.07, 6.45) is 5.71. The minimum Gasteiger partial charge on any atom is -0.385 e. The van der Waals surface area contributed by atoms with E-state index in [-0.39, 0.29) is 0 Å². The Morgan fingerprint density at radius 2 is 2.29 bits per heavy atom. The molecular formula is C13H17N. The summed E-state index contributed by atoms with van der Waals surface area (Å²) in [5.74, 6) is 0.687. The van der Waals surface area contributed by atoms with Crippen molar-refractivity contribution in [3.8, 4) is 0 Å². The van der Waals surface area contributed by atoms with Crippen LogP contribution in [0.1, 0.15) is 25.0 Å². The highest BCUT2D eigenvalue weighted by atomic mass is 14.8. The minimum absolute atomic E-state index is 0.687. The van der Waals surface area contributed by atoms with Gasteiger partial charge in [-0.25, -0.2) is 0 Å². The number of benzene rings is 1. The second kappa shape index (κ2) is 3.87. The first-order valence-electron chi connectivity index (χ1n) is 5.34. The molecule has 2 rings (SSSR count). The summed E-state index contributed by atoms with van der Waals surface area (Å²) in [5.41, 5.74) is 4.08. The number of hydrogen-bond acceptors (Lipinski definition) is 1. The highest BCUT2D eigenvalue weighted by molar-refractivity contribution is 5.62. The van der Waals surface area contributed by atoms with E-state index in [1.807, 2.05) is 0 Å². The van der Waals surface area contributed by atoms with Crippen molar-refractivity contribution < 1.29 is 0 Å². The van der Waals surface area contributed by atoms with Crippen molar-refractivity contribution in [1.29, 1.82) is 0 Å². The van der Waals surface area contributed by atoms with Crippen LogP contribution < -0.4 is 5.32 Å². The first-order valence-corrected chi connectivity index (χ1v) is 5.34. The molecule has 0 saturated heterocycles. The lowest BCUT2D eigenvalue weighted by molar-refractivity contribution is 0.717. The molecule has 1 heteroatoms. The van der Waals surface area contributed by atoms with E-state index in [4.69, 9.17) is 0 Å². The van der Waals surface area contributed by atoms with Crippen molar-refractivity contribution >= 4 is 11.8 Å². The molecule has 0 bridgehead atoms. The fourth-order valence-corrected chi connectivity index (χ4v) is 1.93. The summed E-state index contributed by atoms with van der Waals surface area (Å²) >= 11 is 0. The van der Waals surface area contributed by atoms with Crippen molar-refractivity contribution in [2.75, 3.05) is 11.9 Å². The van der Waals surface area contributed by atoms with Crippen molar-refractivity contribution in [2.24, 2.45) is 5.92 Å². The monoisotopic (exact) mass is 187 g/mol. The van der Waals surface area contributed by atoms with Crippen LogP contribution in [0.3, 0.4) is 0 Å². The van der Waals surface area contributed by atoms with Gasteiger partial charge in [-0.15, -0.1) is 0 Å². The molecule has 0 aliphatic heterocycles. The number of anilines is 1. The van der Waals surface area contributed by atoms with Crippen LogP contribution >= 0.6 is 0 Å². The molecule has 14 heavy (non-hydrogen) atoms. The molecule has 0 unspecified atom stereocenters. The van der Waals surface area contributed by atoms with Gasteiger partial charge in [0.25, 0.3) is 0 Å². The molecule has 1 atom stereocenters. The Bertz CT molecular complexity index is 352. The van der Waals surface area contributed by atoms with E-state index in [2.05, 4.69) is 49.5 Å². The predicted octanol–water partition coefficient (Wildman–Crippen LogP) is 3.32.